The van der Waals surface area contributed by atoms with Crippen LogP contribution in [-0.4, -0.2) is 21.5 Å². The molecule has 6 heteroatoms. The van der Waals surface area contributed by atoms with Crippen molar-refractivity contribution in [2.45, 2.75) is 20.4 Å². The summed E-state index contributed by atoms with van der Waals surface area (Å²) in [4.78, 5) is 8.99. The predicted octanol–water partition coefficient (Wildman–Crippen LogP) is 3.77. The number of ether oxygens (including phenoxy) is 1. The molecule has 0 unspecified atom stereocenters. The third kappa shape index (κ3) is 3.12. The lowest BCUT2D eigenvalue weighted by Gasteiger charge is -2.06. The summed E-state index contributed by atoms with van der Waals surface area (Å²) >= 11 is 1.44. The third-order valence-electron chi connectivity index (χ3n) is 3.48. The Hall–Kier alpha value is -2.34. The molecule has 2 heterocycles. The molecular formula is C16H18N4OS. The molecule has 0 amide bonds. The monoisotopic (exact) mass is 314 g/mol. The zero-order valence-electron chi connectivity index (χ0n) is 12.8. The molecule has 0 aliphatic heterocycles. The van der Waals surface area contributed by atoms with E-state index in [1.807, 2.05) is 32.0 Å². The Kier molecular flexibility index (Phi) is 4.11. The molecule has 0 radical (unpaired) electrons. The average molecular weight is 314 g/mol. The molecule has 2 N–H and O–H groups in total. The van der Waals surface area contributed by atoms with Crippen molar-refractivity contribution >= 4 is 17.2 Å². The van der Waals surface area contributed by atoms with Crippen molar-refractivity contribution in [3.05, 3.63) is 46.6 Å². The lowest BCUT2D eigenvalue weighted by atomic mass is 10.2. The van der Waals surface area contributed by atoms with Gasteiger partial charge in [-0.2, -0.15) is 4.37 Å². The van der Waals surface area contributed by atoms with Gasteiger partial charge in [-0.05, 0) is 37.5 Å². The van der Waals surface area contributed by atoms with E-state index in [0.717, 1.165) is 39.9 Å². The molecule has 0 fully saturated rings. The molecule has 0 aliphatic carbocycles. The summed E-state index contributed by atoms with van der Waals surface area (Å²) < 4.78 is 9.29. The number of methoxy groups -OCH3 is 1. The third-order valence-corrected chi connectivity index (χ3v) is 4.25. The van der Waals surface area contributed by atoms with Crippen LogP contribution in [0.5, 0.6) is 5.88 Å². The van der Waals surface area contributed by atoms with Crippen molar-refractivity contribution in [1.82, 2.24) is 14.3 Å². The molecule has 0 saturated carbocycles. The summed E-state index contributed by atoms with van der Waals surface area (Å²) in [5.41, 5.74) is 4.26. The topological polar surface area (TPSA) is 62.8 Å². The largest absolute Gasteiger partial charge is 0.480 e. The van der Waals surface area contributed by atoms with Gasteiger partial charge in [0.15, 0.2) is 0 Å². The van der Waals surface area contributed by atoms with Crippen LogP contribution in [0.15, 0.2) is 30.3 Å². The number of aromatic amines is 1. The summed E-state index contributed by atoms with van der Waals surface area (Å²) in [6.07, 6.45) is 0. The van der Waals surface area contributed by atoms with Gasteiger partial charge in [0, 0.05) is 27.9 Å². The molecule has 22 heavy (non-hydrogen) atoms. The first-order valence-electron chi connectivity index (χ1n) is 7.03. The fourth-order valence-electron chi connectivity index (χ4n) is 2.12. The number of aryl methyl sites for hydroxylation is 2. The summed E-state index contributed by atoms with van der Waals surface area (Å²) in [7, 11) is 1.63. The van der Waals surface area contributed by atoms with E-state index >= 15 is 0 Å². The Labute approximate surface area is 133 Å². The number of anilines is 1. The fourth-order valence-corrected chi connectivity index (χ4v) is 2.75. The number of H-pyrrole nitrogens is 1. The number of aromatic nitrogens is 3. The second kappa shape index (κ2) is 6.19. The minimum atomic E-state index is 0.664. The van der Waals surface area contributed by atoms with Crippen LogP contribution < -0.4 is 10.1 Å². The normalized spacial score (nSPS) is 10.7. The molecule has 0 spiro atoms. The van der Waals surface area contributed by atoms with E-state index in [2.05, 4.69) is 31.8 Å². The van der Waals surface area contributed by atoms with E-state index < -0.39 is 0 Å². The zero-order valence-corrected chi connectivity index (χ0v) is 13.6. The molecule has 1 aromatic carbocycles. The highest BCUT2D eigenvalue weighted by Gasteiger charge is 2.06. The van der Waals surface area contributed by atoms with Crippen molar-refractivity contribution in [1.29, 1.82) is 0 Å². The maximum absolute atomic E-state index is 5.10. The second-order valence-corrected chi connectivity index (χ2v) is 5.96. The van der Waals surface area contributed by atoms with E-state index in [-0.39, 0.29) is 0 Å². The van der Waals surface area contributed by atoms with Crippen LogP contribution in [0.4, 0.5) is 5.69 Å². The Morgan fingerprint density at radius 1 is 1.27 bits per heavy atom. The minimum Gasteiger partial charge on any atom is -0.480 e. The van der Waals surface area contributed by atoms with Crippen LogP contribution in [-0.2, 0) is 6.54 Å². The maximum Gasteiger partial charge on any atom is 0.225 e. The number of imidazole rings is 1. The number of hydrogen-bond donors (Lipinski definition) is 2. The molecule has 3 aromatic rings. The molecule has 0 aliphatic rings. The van der Waals surface area contributed by atoms with E-state index in [4.69, 9.17) is 4.74 Å². The van der Waals surface area contributed by atoms with Crippen molar-refractivity contribution in [2.75, 3.05) is 12.4 Å². The molecule has 5 nitrogen and oxygen atoms in total. The molecule has 0 saturated heterocycles. The quantitative estimate of drug-likeness (QED) is 0.752. The highest BCUT2D eigenvalue weighted by Crippen LogP contribution is 2.23. The summed E-state index contributed by atoms with van der Waals surface area (Å²) in [6.45, 7) is 4.76. The Morgan fingerprint density at radius 3 is 2.82 bits per heavy atom. The first kappa shape index (κ1) is 14.6. The molecule has 3 rings (SSSR count). The van der Waals surface area contributed by atoms with Gasteiger partial charge < -0.3 is 15.0 Å². The van der Waals surface area contributed by atoms with Crippen LogP contribution in [0.2, 0.25) is 0 Å². The molecular weight excluding hydrogens is 296 g/mol. The minimum absolute atomic E-state index is 0.664. The Morgan fingerprint density at radius 2 is 2.14 bits per heavy atom. The summed E-state index contributed by atoms with van der Waals surface area (Å²) in [5.74, 6) is 1.56. The van der Waals surface area contributed by atoms with Gasteiger partial charge in [0.05, 0.1) is 19.3 Å². The van der Waals surface area contributed by atoms with Crippen LogP contribution >= 0.6 is 11.5 Å². The van der Waals surface area contributed by atoms with Crippen LogP contribution in [0.3, 0.4) is 0 Å². The van der Waals surface area contributed by atoms with Crippen LogP contribution in [0.25, 0.3) is 11.4 Å². The predicted molar refractivity (Wildman–Crippen MR) is 89.5 cm³/mol. The summed E-state index contributed by atoms with van der Waals surface area (Å²) in [5, 5.41) is 3.40. The molecule has 2 aromatic heterocycles. The average Bonchev–Trinajstić information content (AvgIpc) is 3.13. The van der Waals surface area contributed by atoms with Crippen molar-refractivity contribution in [3.8, 4) is 17.3 Å². The van der Waals surface area contributed by atoms with Crippen molar-refractivity contribution < 1.29 is 4.74 Å². The second-order valence-electron chi connectivity index (χ2n) is 5.07. The van der Waals surface area contributed by atoms with Gasteiger partial charge in [0.1, 0.15) is 5.82 Å². The van der Waals surface area contributed by atoms with Crippen LogP contribution in [0.1, 0.15) is 16.3 Å². The maximum atomic E-state index is 5.10. The SMILES string of the molecule is COc1cc(CNc2cccc(-c3nc(C)c(C)[nH]3)c2)sn1. The fraction of sp³-hybridized carbons (Fsp3) is 0.250. The standard InChI is InChI=1S/C16H18N4OS/c1-10-11(2)19-16(18-10)12-5-4-6-13(7-12)17-9-14-8-15(21-3)20-22-14/h4-8,17H,9H2,1-3H3,(H,18,19). The lowest BCUT2D eigenvalue weighted by molar-refractivity contribution is 0.402. The van der Waals surface area contributed by atoms with Gasteiger partial charge in [-0.25, -0.2) is 4.98 Å². The van der Waals surface area contributed by atoms with E-state index in [1.165, 1.54) is 11.5 Å². The lowest BCUT2D eigenvalue weighted by Crippen LogP contribution is -1.97. The van der Waals surface area contributed by atoms with Gasteiger partial charge >= 0.3 is 0 Å². The zero-order chi connectivity index (χ0) is 15.5. The molecule has 0 bridgehead atoms. The van der Waals surface area contributed by atoms with E-state index in [0.29, 0.717) is 5.88 Å². The van der Waals surface area contributed by atoms with Crippen LogP contribution in [0, 0.1) is 13.8 Å². The highest BCUT2D eigenvalue weighted by atomic mass is 32.1. The van der Waals surface area contributed by atoms with Crippen molar-refractivity contribution in [2.24, 2.45) is 0 Å². The van der Waals surface area contributed by atoms with Gasteiger partial charge in [0.25, 0.3) is 0 Å². The van der Waals surface area contributed by atoms with Gasteiger partial charge in [0.2, 0.25) is 5.88 Å². The Bertz CT molecular complexity index is 759. The van der Waals surface area contributed by atoms with E-state index in [9.17, 15) is 0 Å². The Balaban J connectivity index is 1.73. The van der Waals surface area contributed by atoms with Gasteiger partial charge in [-0.3, -0.25) is 0 Å². The summed E-state index contributed by atoms with van der Waals surface area (Å²) in [6, 6.07) is 10.2. The van der Waals surface area contributed by atoms with Gasteiger partial charge in [-0.1, -0.05) is 12.1 Å². The number of rotatable bonds is 5. The smallest absolute Gasteiger partial charge is 0.225 e. The first-order valence-corrected chi connectivity index (χ1v) is 7.80. The van der Waals surface area contributed by atoms with E-state index in [1.54, 1.807) is 7.11 Å². The number of nitrogens with one attached hydrogen (secondary N) is 2. The van der Waals surface area contributed by atoms with Crippen molar-refractivity contribution in [3.63, 3.8) is 0 Å². The molecule has 114 valence electrons. The van der Waals surface area contributed by atoms with Gasteiger partial charge in [-0.15, -0.1) is 0 Å². The number of benzene rings is 1. The first-order chi connectivity index (χ1) is 10.7. The number of hydrogen-bond acceptors (Lipinski definition) is 5. The highest BCUT2D eigenvalue weighted by molar-refractivity contribution is 7.05. The number of nitrogens with zero attached hydrogens (tertiary/aromatic N) is 2. The molecule has 0 atom stereocenters.